The molecule has 0 spiro atoms. The van der Waals surface area contributed by atoms with Gasteiger partial charge in [0.2, 0.25) is 0 Å². The number of nitrogens with two attached hydrogens (primary N) is 1. The Balaban J connectivity index is 2.10. The molecule has 2 rings (SSSR count). The lowest BCUT2D eigenvalue weighted by Gasteiger charge is -2.27. The van der Waals surface area contributed by atoms with Crippen molar-refractivity contribution >= 4 is 15.9 Å². The molecule has 1 aromatic rings. The molecule has 1 atom stereocenters. The van der Waals surface area contributed by atoms with Crippen LogP contribution in [0.1, 0.15) is 24.8 Å². The fourth-order valence-corrected chi connectivity index (χ4v) is 2.69. The molecule has 1 unspecified atom stereocenters. The second kappa shape index (κ2) is 5.46. The molecule has 0 aromatic heterocycles. The highest BCUT2D eigenvalue weighted by Crippen LogP contribution is 2.25. The van der Waals surface area contributed by atoms with E-state index < -0.39 is 0 Å². The summed E-state index contributed by atoms with van der Waals surface area (Å²) in [6, 6.07) is 5.10. The van der Waals surface area contributed by atoms with Crippen LogP contribution in [0, 0.1) is 5.82 Å². The van der Waals surface area contributed by atoms with E-state index in [1.165, 1.54) is 6.07 Å². The van der Waals surface area contributed by atoms with Crippen LogP contribution >= 0.6 is 15.9 Å². The molecule has 1 aliphatic heterocycles. The molecule has 1 heterocycles. The van der Waals surface area contributed by atoms with Gasteiger partial charge < -0.3 is 10.5 Å². The van der Waals surface area contributed by atoms with E-state index >= 15 is 0 Å². The van der Waals surface area contributed by atoms with Gasteiger partial charge in [-0.25, -0.2) is 4.39 Å². The van der Waals surface area contributed by atoms with Crippen molar-refractivity contribution in [2.24, 2.45) is 5.73 Å². The van der Waals surface area contributed by atoms with Crippen molar-refractivity contribution in [1.82, 2.24) is 0 Å². The van der Waals surface area contributed by atoms with Gasteiger partial charge in [-0.15, -0.1) is 0 Å². The Morgan fingerprint density at radius 2 is 2.18 bits per heavy atom. The summed E-state index contributed by atoms with van der Waals surface area (Å²) >= 11 is 3.20. The van der Waals surface area contributed by atoms with E-state index in [2.05, 4.69) is 15.9 Å². The number of hydrogen-bond donors (Lipinski definition) is 1. The van der Waals surface area contributed by atoms with Crippen LogP contribution in [0.5, 0.6) is 0 Å². The maximum atomic E-state index is 13.1. The first-order chi connectivity index (χ1) is 8.09. The first-order valence-electron chi connectivity index (χ1n) is 5.90. The minimum Gasteiger partial charge on any atom is -0.381 e. The number of ether oxygens (including phenoxy) is 1. The van der Waals surface area contributed by atoms with E-state index in [-0.39, 0.29) is 11.4 Å². The monoisotopic (exact) mass is 301 g/mol. The normalized spacial score (nSPS) is 25.6. The first kappa shape index (κ1) is 13.0. The zero-order valence-electron chi connectivity index (χ0n) is 9.72. The summed E-state index contributed by atoms with van der Waals surface area (Å²) in [5.74, 6) is -0.232. The van der Waals surface area contributed by atoms with Gasteiger partial charge in [0.25, 0.3) is 0 Å². The zero-order chi connectivity index (χ0) is 12.3. The Morgan fingerprint density at radius 1 is 1.35 bits per heavy atom. The fraction of sp³-hybridized carbons (Fsp3) is 0.538. The maximum Gasteiger partial charge on any atom is 0.137 e. The Labute approximate surface area is 109 Å². The zero-order valence-corrected chi connectivity index (χ0v) is 11.3. The maximum absolute atomic E-state index is 13.1. The predicted molar refractivity (Wildman–Crippen MR) is 69.4 cm³/mol. The summed E-state index contributed by atoms with van der Waals surface area (Å²) in [4.78, 5) is 0. The molecule has 1 aromatic carbocycles. The third-order valence-corrected chi connectivity index (χ3v) is 3.86. The van der Waals surface area contributed by atoms with Crippen molar-refractivity contribution < 1.29 is 9.13 Å². The fourth-order valence-electron chi connectivity index (χ4n) is 2.26. The Hall–Kier alpha value is -0.450. The third-order valence-electron chi connectivity index (χ3n) is 3.25. The minimum atomic E-state index is -0.232. The lowest BCUT2D eigenvalue weighted by molar-refractivity contribution is 0.139. The van der Waals surface area contributed by atoms with Gasteiger partial charge in [0, 0.05) is 18.8 Å². The third kappa shape index (κ3) is 3.50. The molecule has 0 aliphatic carbocycles. The molecule has 0 radical (unpaired) electrons. The van der Waals surface area contributed by atoms with Crippen molar-refractivity contribution in [1.29, 1.82) is 0 Å². The van der Waals surface area contributed by atoms with E-state index in [1.807, 2.05) is 6.07 Å². The van der Waals surface area contributed by atoms with E-state index in [0.29, 0.717) is 4.47 Å². The molecule has 4 heteroatoms. The van der Waals surface area contributed by atoms with Gasteiger partial charge in [-0.05, 0) is 59.3 Å². The molecule has 1 aliphatic rings. The Morgan fingerprint density at radius 3 is 2.94 bits per heavy atom. The van der Waals surface area contributed by atoms with Gasteiger partial charge >= 0.3 is 0 Å². The van der Waals surface area contributed by atoms with Gasteiger partial charge in [-0.3, -0.25) is 0 Å². The quantitative estimate of drug-likeness (QED) is 0.911. The lowest BCUT2D eigenvalue weighted by Crippen LogP contribution is -2.42. The highest BCUT2D eigenvalue weighted by Gasteiger charge is 2.26. The van der Waals surface area contributed by atoms with Gasteiger partial charge in [0.1, 0.15) is 5.82 Å². The summed E-state index contributed by atoms with van der Waals surface area (Å²) in [7, 11) is 0. The van der Waals surface area contributed by atoms with Crippen molar-refractivity contribution in [3.63, 3.8) is 0 Å². The summed E-state index contributed by atoms with van der Waals surface area (Å²) in [5, 5.41) is 0. The van der Waals surface area contributed by atoms with Gasteiger partial charge in [-0.1, -0.05) is 6.07 Å². The van der Waals surface area contributed by atoms with E-state index in [9.17, 15) is 4.39 Å². The SMILES string of the molecule is NC1(Cc2ccc(F)c(Br)c2)CCCOCC1. The molecule has 0 amide bonds. The number of benzene rings is 1. The molecule has 94 valence electrons. The Kier molecular flexibility index (Phi) is 4.17. The average Bonchev–Trinajstić information content (AvgIpc) is 2.49. The van der Waals surface area contributed by atoms with Crippen LogP contribution in [0.15, 0.2) is 22.7 Å². The molecule has 1 fully saturated rings. The van der Waals surface area contributed by atoms with Crippen molar-refractivity contribution in [2.75, 3.05) is 13.2 Å². The molecule has 1 saturated heterocycles. The molecule has 0 saturated carbocycles. The second-order valence-electron chi connectivity index (χ2n) is 4.75. The van der Waals surface area contributed by atoms with Crippen LogP contribution in [0.2, 0.25) is 0 Å². The van der Waals surface area contributed by atoms with Gasteiger partial charge in [0.05, 0.1) is 4.47 Å². The van der Waals surface area contributed by atoms with Gasteiger partial charge in [0.15, 0.2) is 0 Å². The topological polar surface area (TPSA) is 35.2 Å². The van der Waals surface area contributed by atoms with Crippen LogP contribution < -0.4 is 5.73 Å². The highest BCUT2D eigenvalue weighted by molar-refractivity contribution is 9.10. The number of hydrogen-bond acceptors (Lipinski definition) is 2. The predicted octanol–water partition coefficient (Wildman–Crippen LogP) is 3.03. The molecular weight excluding hydrogens is 285 g/mol. The number of rotatable bonds is 2. The first-order valence-corrected chi connectivity index (χ1v) is 6.69. The smallest absolute Gasteiger partial charge is 0.137 e. The van der Waals surface area contributed by atoms with Crippen LogP contribution in [0.4, 0.5) is 4.39 Å². The molecule has 2 N–H and O–H groups in total. The van der Waals surface area contributed by atoms with Crippen LogP contribution in [0.3, 0.4) is 0 Å². The second-order valence-corrected chi connectivity index (χ2v) is 5.61. The summed E-state index contributed by atoms with van der Waals surface area (Å²) in [6.45, 7) is 1.52. The summed E-state index contributed by atoms with van der Waals surface area (Å²) in [6.07, 6.45) is 3.60. The van der Waals surface area contributed by atoms with E-state index in [4.69, 9.17) is 10.5 Å². The van der Waals surface area contributed by atoms with Crippen LogP contribution in [0.25, 0.3) is 0 Å². The Bertz CT molecular complexity index is 389. The van der Waals surface area contributed by atoms with Crippen molar-refractivity contribution in [2.45, 2.75) is 31.2 Å². The largest absolute Gasteiger partial charge is 0.381 e. The van der Waals surface area contributed by atoms with Crippen molar-refractivity contribution in [3.8, 4) is 0 Å². The van der Waals surface area contributed by atoms with E-state index in [1.54, 1.807) is 6.07 Å². The summed E-state index contributed by atoms with van der Waals surface area (Å²) < 4.78 is 19.1. The number of halogens is 2. The molecule has 17 heavy (non-hydrogen) atoms. The van der Waals surface area contributed by atoms with Crippen LogP contribution in [-0.2, 0) is 11.2 Å². The minimum absolute atomic E-state index is 0.215. The molecular formula is C13H17BrFNO. The lowest BCUT2D eigenvalue weighted by atomic mass is 9.85. The molecule has 2 nitrogen and oxygen atoms in total. The summed E-state index contributed by atoms with van der Waals surface area (Å²) in [5.41, 5.74) is 7.25. The standard InChI is InChI=1S/C13H17BrFNO/c14-11-8-10(2-3-12(11)15)9-13(16)4-1-6-17-7-5-13/h2-3,8H,1,4-7,9,16H2. The van der Waals surface area contributed by atoms with Gasteiger partial charge in [-0.2, -0.15) is 0 Å². The average molecular weight is 302 g/mol. The van der Waals surface area contributed by atoms with E-state index in [0.717, 1.165) is 44.5 Å². The van der Waals surface area contributed by atoms with Crippen molar-refractivity contribution in [3.05, 3.63) is 34.1 Å². The highest BCUT2D eigenvalue weighted by atomic mass is 79.9. The molecule has 0 bridgehead atoms. The van der Waals surface area contributed by atoms with Crippen LogP contribution in [-0.4, -0.2) is 18.8 Å².